The van der Waals surface area contributed by atoms with E-state index in [2.05, 4.69) is 35.5 Å². The van der Waals surface area contributed by atoms with Crippen molar-refractivity contribution >= 4 is 18.2 Å². The van der Waals surface area contributed by atoms with E-state index in [1.54, 1.807) is 5.01 Å². The fourth-order valence-electron chi connectivity index (χ4n) is 2.82. The molecule has 3 rings (SSSR count). The highest BCUT2D eigenvalue weighted by atomic mass is 16.2. The van der Waals surface area contributed by atoms with Crippen LogP contribution in [0.2, 0.25) is 0 Å². The van der Waals surface area contributed by atoms with Gasteiger partial charge in [-0.2, -0.15) is 5.10 Å². The first-order chi connectivity index (χ1) is 9.48. The molecule has 1 aliphatic heterocycles. The monoisotopic (exact) mass is 268 g/mol. The minimum atomic E-state index is -0.409. The second kappa shape index (κ2) is 4.58. The molecule has 0 bridgehead atoms. The first kappa shape index (κ1) is 13.1. The normalized spacial score (nSPS) is 20.6. The molecular weight excluding hydrogens is 248 g/mol. The molecule has 1 aromatic carbocycles. The van der Waals surface area contributed by atoms with Crippen LogP contribution in [-0.2, 0) is 11.2 Å². The highest BCUT2D eigenvalue weighted by molar-refractivity contribution is 5.84. The lowest BCUT2D eigenvalue weighted by Gasteiger charge is -2.29. The topological polar surface area (TPSA) is 32.7 Å². The number of hydrazone groups is 1. The molecule has 0 saturated heterocycles. The lowest BCUT2D eigenvalue weighted by molar-refractivity contribution is -0.141. The summed E-state index contributed by atoms with van der Waals surface area (Å²) < 4.78 is 0. The van der Waals surface area contributed by atoms with E-state index in [0.29, 0.717) is 0 Å². The highest BCUT2D eigenvalue weighted by Gasteiger charge is 2.35. The highest BCUT2D eigenvalue weighted by Crippen LogP contribution is 2.36. The number of allylic oxidation sites excluding steroid dienone is 1. The van der Waals surface area contributed by atoms with E-state index in [-0.39, 0.29) is 11.9 Å². The molecule has 1 atom stereocenters. The van der Waals surface area contributed by atoms with E-state index >= 15 is 0 Å². The van der Waals surface area contributed by atoms with Crippen molar-refractivity contribution in [2.45, 2.75) is 39.7 Å². The van der Waals surface area contributed by atoms with Crippen molar-refractivity contribution in [3.05, 3.63) is 41.0 Å². The molecule has 1 aliphatic carbocycles. The molecule has 2 aliphatic rings. The van der Waals surface area contributed by atoms with E-state index in [9.17, 15) is 4.79 Å². The summed E-state index contributed by atoms with van der Waals surface area (Å²) >= 11 is 0. The lowest BCUT2D eigenvalue weighted by Crippen LogP contribution is -2.36. The maximum absolute atomic E-state index is 12.5. The van der Waals surface area contributed by atoms with Crippen molar-refractivity contribution in [2.24, 2.45) is 10.5 Å². The van der Waals surface area contributed by atoms with Gasteiger partial charge < -0.3 is 0 Å². The molecule has 0 fully saturated rings. The van der Waals surface area contributed by atoms with Crippen molar-refractivity contribution in [1.82, 2.24) is 5.01 Å². The summed E-state index contributed by atoms with van der Waals surface area (Å²) in [4.78, 5) is 12.5. The number of rotatable bonds is 1. The number of carbonyl (C=O) groups excluding carboxylic acids is 1. The molecule has 20 heavy (non-hydrogen) atoms. The van der Waals surface area contributed by atoms with Crippen LogP contribution in [0.5, 0.6) is 0 Å². The maximum Gasteiger partial charge on any atom is 0.248 e. The minimum Gasteiger partial charge on any atom is -0.272 e. The van der Waals surface area contributed by atoms with Gasteiger partial charge in [0.05, 0.1) is 6.04 Å². The van der Waals surface area contributed by atoms with Crippen LogP contribution in [0, 0.1) is 5.41 Å². The van der Waals surface area contributed by atoms with Crippen LogP contribution >= 0.6 is 0 Å². The first-order valence-corrected chi connectivity index (χ1v) is 7.13. The number of amides is 1. The quantitative estimate of drug-likeness (QED) is 0.766. The van der Waals surface area contributed by atoms with Crippen LogP contribution in [0.25, 0.3) is 6.08 Å². The largest absolute Gasteiger partial charge is 0.272 e. The fraction of sp³-hybridized carbons (Fsp3) is 0.412. The molecule has 0 aromatic heterocycles. The van der Waals surface area contributed by atoms with E-state index in [0.717, 1.165) is 12.8 Å². The van der Waals surface area contributed by atoms with Crippen LogP contribution in [0.1, 0.15) is 49.9 Å². The molecule has 1 amide bonds. The Morgan fingerprint density at radius 2 is 2.15 bits per heavy atom. The molecule has 1 heterocycles. The third-order valence-electron chi connectivity index (χ3n) is 3.89. The van der Waals surface area contributed by atoms with Crippen molar-refractivity contribution in [3.8, 4) is 0 Å². The maximum atomic E-state index is 12.5. The summed E-state index contributed by atoms with van der Waals surface area (Å²) in [5.41, 5.74) is 3.42. The van der Waals surface area contributed by atoms with Crippen molar-refractivity contribution in [3.63, 3.8) is 0 Å². The van der Waals surface area contributed by atoms with Gasteiger partial charge in [0.15, 0.2) is 0 Å². The van der Waals surface area contributed by atoms with Gasteiger partial charge in [-0.05, 0) is 23.1 Å². The van der Waals surface area contributed by atoms with Gasteiger partial charge >= 0.3 is 0 Å². The Balaban J connectivity index is 1.97. The zero-order chi connectivity index (χ0) is 14.3. The van der Waals surface area contributed by atoms with E-state index in [1.807, 2.05) is 27.0 Å². The molecule has 0 saturated carbocycles. The predicted octanol–water partition coefficient (Wildman–Crippen LogP) is 3.56. The first-order valence-electron chi connectivity index (χ1n) is 7.13. The number of carbonyl (C=O) groups is 1. The number of benzene rings is 1. The Kier molecular flexibility index (Phi) is 3.00. The molecule has 1 aromatic rings. The van der Waals surface area contributed by atoms with Gasteiger partial charge in [-0.25, -0.2) is 5.01 Å². The number of fused-ring (bicyclic) bond motifs is 1. The molecule has 104 valence electrons. The van der Waals surface area contributed by atoms with Gasteiger partial charge in [-0.1, -0.05) is 51.1 Å². The summed E-state index contributed by atoms with van der Waals surface area (Å²) in [5, 5.41) is 5.99. The molecule has 1 unspecified atom stereocenters. The Bertz CT molecular complexity index is 608. The van der Waals surface area contributed by atoms with Gasteiger partial charge in [0.1, 0.15) is 0 Å². The molecule has 3 nitrogen and oxygen atoms in total. The average molecular weight is 268 g/mol. The summed E-state index contributed by atoms with van der Waals surface area (Å²) in [6.45, 7) is 5.82. The molecule has 0 spiro atoms. The van der Waals surface area contributed by atoms with E-state index in [1.165, 1.54) is 16.7 Å². The van der Waals surface area contributed by atoms with E-state index < -0.39 is 5.41 Å². The predicted molar refractivity (Wildman–Crippen MR) is 81.3 cm³/mol. The van der Waals surface area contributed by atoms with Gasteiger partial charge in [0, 0.05) is 18.1 Å². The number of hydrogen-bond acceptors (Lipinski definition) is 2. The second-order valence-electron chi connectivity index (χ2n) is 6.48. The Labute approximate surface area is 120 Å². The van der Waals surface area contributed by atoms with Crippen LogP contribution in [0.3, 0.4) is 0 Å². The van der Waals surface area contributed by atoms with Crippen LogP contribution in [0.15, 0.2) is 29.4 Å². The van der Waals surface area contributed by atoms with E-state index in [4.69, 9.17) is 0 Å². The summed E-state index contributed by atoms with van der Waals surface area (Å²) in [6, 6.07) is 6.40. The smallest absolute Gasteiger partial charge is 0.248 e. The fourth-order valence-corrected chi connectivity index (χ4v) is 2.82. The minimum absolute atomic E-state index is 0.0411. The average Bonchev–Trinajstić information content (AvgIpc) is 3.04. The third kappa shape index (κ3) is 2.07. The van der Waals surface area contributed by atoms with Gasteiger partial charge in [0.25, 0.3) is 0 Å². The summed E-state index contributed by atoms with van der Waals surface area (Å²) in [7, 11) is 0. The van der Waals surface area contributed by atoms with Gasteiger partial charge in [0.2, 0.25) is 5.91 Å². The Morgan fingerprint density at radius 1 is 1.35 bits per heavy atom. The standard InChI is InChI=1S/C17H20N2O/c1-17(2,3)16(20)19-15(10-11-18-19)14-9-5-7-12-6-4-8-13(12)14/h4-5,7-9,11,15H,6,10H2,1-3H3. The zero-order valence-corrected chi connectivity index (χ0v) is 12.3. The van der Waals surface area contributed by atoms with Crippen molar-refractivity contribution in [2.75, 3.05) is 0 Å². The summed E-state index contributed by atoms with van der Waals surface area (Å²) in [5.74, 6) is 0.0795. The van der Waals surface area contributed by atoms with Crippen LogP contribution in [0.4, 0.5) is 0 Å². The zero-order valence-electron chi connectivity index (χ0n) is 12.3. The van der Waals surface area contributed by atoms with Gasteiger partial charge in [-0.3, -0.25) is 4.79 Å². The SMILES string of the molecule is CC(C)(C)C(=O)N1N=CCC1c1cccc2c1C=CC2. The second-order valence-corrected chi connectivity index (χ2v) is 6.48. The summed E-state index contributed by atoms with van der Waals surface area (Å²) in [6.07, 6.45) is 7.99. The van der Waals surface area contributed by atoms with Crippen molar-refractivity contribution < 1.29 is 4.79 Å². The lowest BCUT2D eigenvalue weighted by atomic mass is 9.92. The number of nitrogens with zero attached hydrogens (tertiary/aromatic N) is 2. The Morgan fingerprint density at radius 3 is 2.90 bits per heavy atom. The van der Waals surface area contributed by atoms with Crippen molar-refractivity contribution in [1.29, 1.82) is 0 Å². The van der Waals surface area contributed by atoms with Gasteiger partial charge in [-0.15, -0.1) is 0 Å². The molecule has 3 heteroatoms. The third-order valence-corrected chi connectivity index (χ3v) is 3.89. The Hall–Kier alpha value is -1.90. The molecule has 0 N–H and O–H groups in total. The molecule has 0 radical (unpaired) electrons. The molecular formula is C17H20N2O. The van der Waals surface area contributed by atoms with Crippen LogP contribution in [-0.4, -0.2) is 17.1 Å². The van der Waals surface area contributed by atoms with Crippen LogP contribution < -0.4 is 0 Å². The number of hydrogen-bond donors (Lipinski definition) is 0.